The molecule has 0 amide bonds. The predicted octanol–water partition coefficient (Wildman–Crippen LogP) is 4.25. The molecule has 5 heteroatoms. The van der Waals surface area contributed by atoms with Gasteiger partial charge in [0.2, 0.25) is 0 Å². The molecule has 0 bridgehead atoms. The van der Waals surface area contributed by atoms with Gasteiger partial charge in [0.05, 0.1) is 6.54 Å². The van der Waals surface area contributed by atoms with Crippen LogP contribution < -0.4 is 0 Å². The van der Waals surface area contributed by atoms with Crippen molar-refractivity contribution in [2.75, 3.05) is 0 Å². The first-order chi connectivity index (χ1) is 9.74. The summed E-state index contributed by atoms with van der Waals surface area (Å²) >= 11 is 8.15. The lowest BCUT2D eigenvalue weighted by Crippen LogP contribution is -2.04. The van der Waals surface area contributed by atoms with Gasteiger partial charge < -0.3 is 0 Å². The Labute approximate surface area is 135 Å². The van der Waals surface area contributed by atoms with E-state index in [4.69, 9.17) is 11.6 Å². The van der Waals surface area contributed by atoms with Gasteiger partial charge in [-0.25, -0.2) is 4.68 Å². The van der Waals surface area contributed by atoms with Crippen LogP contribution in [0.4, 0.5) is 0 Å². The fourth-order valence-electron chi connectivity index (χ4n) is 2.03. The fourth-order valence-corrected chi connectivity index (χ4v) is 2.85. The average molecular weight is 396 g/mol. The molecule has 0 saturated heterocycles. The van der Waals surface area contributed by atoms with Gasteiger partial charge in [0, 0.05) is 10.6 Å². The number of nitrogens with zero attached hydrogens (tertiary/aromatic N) is 3. The highest BCUT2D eigenvalue weighted by Gasteiger charge is 2.13. The second-order valence-electron chi connectivity index (χ2n) is 4.38. The molecule has 3 aromatic rings. The third-order valence-electron chi connectivity index (χ3n) is 2.99. The Morgan fingerprint density at radius 3 is 2.40 bits per heavy atom. The summed E-state index contributed by atoms with van der Waals surface area (Å²) in [7, 11) is 0. The Morgan fingerprint density at radius 2 is 1.70 bits per heavy atom. The molecular formula is C15H11ClIN3. The molecule has 0 aliphatic rings. The third-order valence-corrected chi connectivity index (χ3v) is 3.97. The second kappa shape index (κ2) is 5.93. The van der Waals surface area contributed by atoms with Crippen LogP contribution in [-0.2, 0) is 6.54 Å². The van der Waals surface area contributed by atoms with E-state index in [0.29, 0.717) is 6.54 Å². The normalized spacial score (nSPS) is 10.7. The Kier molecular flexibility index (Phi) is 4.03. The van der Waals surface area contributed by atoms with Crippen LogP contribution in [0.25, 0.3) is 11.3 Å². The van der Waals surface area contributed by atoms with E-state index in [0.717, 1.165) is 20.0 Å². The highest BCUT2D eigenvalue weighted by Crippen LogP contribution is 2.25. The molecule has 0 aliphatic heterocycles. The van der Waals surface area contributed by atoms with Gasteiger partial charge in [-0.3, -0.25) is 0 Å². The van der Waals surface area contributed by atoms with E-state index in [1.807, 2.05) is 47.1 Å². The van der Waals surface area contributed by atoms with Crippen molar-refractivity contribution in [2.45, 2.75) is 6.54 Å². The summed E-state index contributed by atoms with van der Waals surface area (Å²) in [5.74, 6) is 0. The SMILES string of the molecule is Clc1ccc(-c2c(I)nnn2Cc2ccccc2)cc1. The van der Waals surface area contributed by atoms with Crippen molar-refractivity contribution >= 4 is 34.2 Å². The molecule has 0 radical (unpaired) electrons. The maximum atomic E-state index is 5.94. The van der Waals surface area contributed by atoms with Crippen LogP contribution in [0.15, 0.2) is 54.6 Å². The summed E-state index contributed by atoms with van der Waals surface area (Å²) in [5, 5.41) is 9.14. The Bertz CT molecular complexity index is 708. The van der Waals surface area contributed by atoms with Crippen LogP contribution in [0, 0.1) is 3.70 Å². The van der Waals surface area contributed by atoms with E-state index < -0.39 is 0 Å². The van der Waals surface area contributed by atoms with Gasteiger partial charge in [-0.15, -0.1) is 5.10 Å². The first-order valence-corrected chi connectivity index (χ1v) is 7.58. The van der Waals surface area contributed by atoms with Gasteiger partial charge >= 0.3 is 0 Å². The maximum absolute atomic E-state index is 5.94. The molecule has 100 valence electrons. The van der Waals surface area contributed by atoms with Gasteiger partial charge in [0.25, 0.3) is 0 Å². The molecule has 0 aliphatic carbocycles. The molecule has 0 N–H and O–H groups in total. The maximum Gasteiger partial charge on any atom is 0.151 e. The first kappa shape index (κ1) is 13.6. The number of halogens is 2. The van der Waals surface area contributed by atoms with Gasteiger partial charge in [0.1, 0.15) is 5.69 Å². The number of rotatable bonds is 3. The molecule has 2 aromatic carbocycles. The summed E-state index contributed by atoms with van der Waals surface area (Å²) in [6.45, 7) is 0.703. The molecule has 1 aromatic heterocycles. The summed E-state index contributed by atoms with van der Waals surface area (Å²) in [4.78, 5) is 0. The summed E-state index contributed by atoms with van der Waals surface area (Å²) < 4.78 is 2.81. The van der Waals surface area contributed by atoms with Crippen molar-refractivity contribution in [3.8, 4) is 11.3 Å². The van der Waals surface area contributed by atoms with E-state index in [1.54, 1.807) is 0 Å². The molecule has 0 fully saturated rings. The van der Waals surface area contributed by atoms with Gasteiger partial charge in [-0.05, 0) is 40.3 Å². The first-order valence-electron chi connectivity index (χ1n) is 6.13. The molecule has 3 rings (SSSR count). The zero-order chi connectivity index (χ0) is 13.9. The van der Waals surface area contributed by atoms with Crippen molar-refractivity contribution in [1.82, 2.24) is 15.0 Å². The molecular weight excluding hydrogens is 385 g/mol. The van der Waals surface area contributed by atoms with E-state index in [-0.39, 0.29) is 0 Å². The topological polar surface area (TPSA) is 30.7 Å². The smallest absolute Gasteiger partial charge is 0.151 e. The highest BCUT2D eigenvalue weighted by atomic mass is 127. The fraction of sp³-hybridized carbons (Fsp3) is 0.0667. The average Bonchev–Trinajstić information content (AvgIpc) is 2.82. The monoisotopic (exact) mass is 395 g/mol. The van der Waals surface area contributed by atoms with Crippen molar-refractivity contribution in [2.24, 2.45) is 0 Å². The van der Waals surface area contributed by atoms with Crippen LogP contribution in [0.2, 0.25) is 5.02 Å². The second-order valence-corrected chi connectivity index (χ2v) is 5.84. The summed E-state index contributed by atoms with van der Waals surface area (Å²) in [6.07, 6.45) is 0. The van der Waals surface area contributed by atoms with Crippen molar-refractivity contribution in [3.05, 3.63) is 68.9 Å². The molecule has 1 heterocycles. The number of aromatic nitrogens is 3. The van der Waals surface area contributed by atoms with E-state index in [1.165, 1.54) is 5.56 Å². The molecule has 0 spiro atoms. The van der Waals surface area contributed by atoms with Crippen LogP contribution >= 0.6 is 34.2 Å². The van der Waals surface area contributed by atoms with Crippen molar-refractivity contribution in [1.29, 1.82) is 0 Å². The molecule has 0 saturated carbocycles. The number of hydrogen-bond acceptors (Lipinski definition) is 2. The molecule has 0 atom stereocenters. The minimum atomic E-state index is 0.703. The van der Waals surface area contributed by atoms with Crippen LogP contribution in [0.1, 0.15) is 5.56 Å². The zero-order valence-electron chi connectivity index (χ0n) is 10.5. The van der Waals surface area contributed by atoms with E-state index in [2.05, 4.69) is 45.0 Å². The van der Waals surface area contributed by atoms with Gasteiger partial charge in [0.15, 0.2) is 3.70 Å². The minimum Gasteiger partial charge on any atom is -0.239 e. The zero-order valence-corrected chi connectivity index (χ0v) is 13.4. The van der Waals surface area contributed by atoms with Crippen LogP contribution in [0.3, 0.4) is 0 Å². The quantitative estimate of drug-likeness (QED) is 0.621. The Morgan fingerprint density at radius 1 is 1.00 bits per heavy atom. The predicted molar refractivity (Wildman–Crippen MR) is 88.7 cm³/mol. The minimum absolute atomic E-state index is 0.703. The van der Waals surface area contributed by atoms with Crippen molar-refractivity contribution in [3.63, 3.8) is 0 Å². The van der Waals surface area contributed by atoms with Gasteiger partial charge in [-0.2, -0.15) is 0 Å². The molecule has 3 nitrogen and oxygen atoms in total. The summed E-state index contributed by atoms with van der Waals surface area (Å²) in [5.41, 5.74) is 3.29. The largest absolute Gasteiger partial charge is 0.239 e. The van der Waals surface area contributed by atoms with Crippen LogP contribution in [-0.4, -0.2) is 15.0 Å². The lowest BCUT2D eigenvalue weighted by molar-refractivity contribution is 0.655. The van der Waals surface area contributed by atoms with Gasteiger partial charge in [-0.1, -0.05) is 59.3 Å². The van der Waals surface area contributed by atoms with Crippen LogP contribution in [0.5, 0.6) is 0 Å². The molecule has 0 unspecified atom stereocenters. The number of hydrogen-bond donors (Lipinski definition) is 0. The number of benzene rings is 2. The summed E-state index contributed by atoms with van der Waals surface area (Å²) in [6, 6.07) is 18.0. The Hall–Kier alpha value is -1.40. The lowest BCUT2D eigenvalue weighted by Gasteiger charge is -2.07. The Balaban J connectivity index is 1.99. The third kappa shape index (κ3) is 2.86. The van der Waals surface area contributed by atoms with E-state index in [9.17, 15) is 0 Å². The lowest BCUT2D eigenvalue weighted by atomic mass is 10.1. The van der Waals surface area contributed by atoms with E-state index >= 15 is 0 Å². The highest BCUT2D eigenvalue weighted by molar-refractivity contribution is 14.1. The van der Waals surface area contributed by atoms with Crippen molar-refractivity contribution < 1.29 is 0 Å². The standard InChI is InChI=1S/C15H11ClIN3/c16-13-8-6-12(7-9-13)14-15(17)18-19-20(14)10-11-4-2-1-3-5-11/h1-9H,10H2. The molecule has 20 heavy (non-hydrogen) atoms.